The number of methoxy groups -OCH3 is 1. The molecule has 1 spiro atoms. The maximum absolute atomic E-state index is 14.4. The highest BCUT2D eigenvalue weighted by atomic mass is 35.5. The third-order valence-electron chi connectivity index (χ3n) is 8.07. The lowest BCUT2D eigenvalue weighted by molar-refractivity contribution is -0.144. The first-order chi connectivity index (χ1) is 21.8. The van der Waals surface area contributed by atoms with Crippen LogP contribution in [0.25, 0.3) is 0 Å². The van der Waals surface area contributed by atoms with E-state index in [0.29, 0.717) is 22.9 Å². The molecule has 1 fully saturated rings. The second-order valence-electron chi connectivity index (χ2n) is 14.2. The van der Waals surface area contributed by atoms with Gasteiger partial charge in [-0.3, -0.25) is 19.2 Å². The van der Waals surface area contributed by atoms with Crippen LogP contribution in [0, 0.1) is 12.3 Å². The highest BCUT2D eigenvalue weighted by Gasteiger charge is 2.56. The normalized spacial score (nSPS) is 20.5. The molecule has 3 rings (SSSR count). The Morgan fingerprint density at radius 2 is 1.79 bits per heavy atom. The summed E-state index contributed by atoms with van der Waals surface area (Å²) in [5.41, 5.74) is -0.536. The topological polar surface area (TPSA) is 165 Å². The van der Waals surface area contributed by atoms with Gasteiger partial charge < -0.3 is 35.2 Å². The van der Waals surface area contributed by atoms with E-state index in [1.165, 1.54) is 19.1 Å². The summed E-state index contributed by atoms with van der Waals surface area (Å²) in [7, 11) is 2.86. The number of halogens is 1. The number of likely N-dealkylation sites (N-methyl/N-ethyl adjacent to an activating group) is 1. The van der Waals surface area contributed by atoms with Gasteiger partial charge in [0.05, 0.1) is 30.4 Å². The van der Waals surface area contributed by atoms with E-state index in [1.54, 1.807) is 53.7 Å². The number of ketones is 1. The Morgan fingerprint density at radius 3 is 2.34 bits per heavy atom. The van der Waals surface area contributed by atoms with E-state index in [4.69, 9.17) is 25.9 Å². The van der Waals surface area contributed by atoms with Gasteiger partial charge in [-0.2, -0.15) is 0 Å². The Hall–Kier alpha value is -3.87. The van der Waals surface area contributed by atoms with Crippen LogP contribution in [0.15, 0.2) is 17.3 Å². The van der Waals surface area contributed by atoms with E-state index in [9.17, 15) is 24.0 Å². The standard InChI is InChI=1S/C33H48ClN5O8/c1-11-12-21(25(40)28(42)35-9)36-27(41)23-16-33(15-22(38-47-33)19-14-20(34)24(45-10)13-18(19)2)17-39(23)29(43)26(31(3,4)5)37-30(44)46-32(6,7)8/h13-14,21,23,26H,11-12,15-17H2,1-10H3,(H,35,42)(H,36,41)(H,37,44)/t21-,23-,26+,33+/m0/s1. The summed E-state index contributed by atoms with van der Waals surface area (Å²) in [4.78, 5) is 73.7. The van der Waals surface area contributed by atoms with Gasteiger partial charge in [0.15, 0.2) is 5.60 Å². The second kappa shape index (κ2) is 14.5. The Bertz CT molecular complexity index is 1430. The average Bonchev–Trinajstić information content (AvgIpc) is 3.57. The van der Waals surface area contributed by atoms with Gasteiger partial charge in [0, 0.05) is 25.5 Å². The molecule has 0 aliphatic carbocycles. The van der Waals surface area contributed by atoms with Crippen molar-refractivity contribution in [1.29, 1.82) is 0 Å². The fourth-order valence-electron chi connectivity index (χ4n) is 5.74. The first kappa shape index (κ1) is 37.6. The molecule has 2 aliphatic heterocycles. The van der Waals surface area contributed by atoms with Gasteiger partial charge >= 0.3 is 6.09 Å². The van der Waals surface area contributed by atoms with Crippen LogP contribution >= 0.6 is 11.6 Å². The van der Waals surface area contributed by atoms with Crippen LogP contribution in [0.3, 0.4) is 0 Å². The number of alkyl carbamates (subject to hydrolysis) is 1. The number of carbonyl (C=O) groups is 5. The van der Waals surface area contributed by atoms with Crippen molar-refractivity contribution in [3.8, 4) is 5.75 Å². The molecule has 4 atom stereocenters. The molecule has 13 nitrogen and oxygen atoms in total. The molecule has 1 saturated heterocycles. The van der Waals surface area contributed by atoms with Gasteiger partial charge in [0.2, 0.25) is 17.6 Å². The summed E-state index contributed by atoms with van der Waals surface area (Å²) in [6, 6.07) is 0.226. The number of nitrogens with one attached hydrogen (secondary N) is 3. The maximum Gasteiger partial charge on any atom is 0.408 e. The summed E-state index contributed by atoms with van der Waals surface area (Å²) >= 11 is 6.42. The van der Waals surface area contributed by atoms with E-state index >= 15 is 0 Å². The summed E-state index contributed by atoms with van der Waals surface area (Å²) < 4.78 is 10.8. The van der Waals surface area contributed by atoms with Crippen molar-refractivity contribution in [2.75, 3.05) is 20.7 Å². The number of carbonyl (C=O) groups excluding carboxylic acids is 5. The van der Waals surface area contributed by atoms with Crippen LogP contribution in [0.1, 0.15) is 85.3 Å². The molecule has 1 aromatic rings. The van der Waals surface area contributed by atoms with Gasteiger partial charge in [0.1, 0.15) is 23.4 Å². The molecule has 1 aromatic carbocycles. The lowest BCUT2D eigenvalue weighted by Gasteiger charge is -2.36. The smallest absolute Gasteiger partial charge is 0.408 e. The number of rotatable bonds is 10. The summed E-state index contributed by atoms with van der Waals surface area (Å²) in [5, 5.41) is 12.5. The summed E-state index contributed by atoms with van der Waals surface area (Å²) in [5.74, 6) is -2.28. The number of likely N-dealkylation sites (tertiary alicyclic amines) is 1. The van der Waals surface area contributed by atoms with Crippen LogP contribution in [-0.2, 0) is 28.8 Å². The quantitative estimate of drug-likeness (QED) is 0.316. The Kier molecular flexibility index (Phi) is 11.6. The van der Waals surface area contributed by atoms with Gasteiger partial charge in [-0.05, 0) is 57.2 Å². The predicted octanol–water partition coefficient (Wildman–Crippen LogP) is 3.66. The van der Waals surface area contributed by atoms with Crippen molar-refractivity contribution in [1.82, 2.24) is 20.9 Å². The first-order valence-corrected chi connectivity index (χ1v) is 16.1. The molecule has 4 amide bonds. The van der Waals surface area contributed by atoms with Gasteiger partial charge in [-0.15, -0.1) is 0 Å². The Balaban J connectivity index is 1.99. The lowest BCUT2D eigenvalue weighted by Crippen LogP contribution is -2.59. The molecule has 47 heavy (non-hydrogen) atoms. The van der Waals surface area contributed by atoms with E-state index in [0.717, 1.165) is 11.1 Å². The van der Waals surface area contributed by atoms with Crippen LogP contribution in [0.5, 0.6) is 5.75 Å². The molecule has 14 heteroatoms. The first-order valence-electron chi connectivity index (χ1n) is 15.7. The Labute approximate surface area is 281 Å². The molecule has 0 bridgehead atoms. The van der Waals surface area contributed by atoms with Crippen LogP contribution < -0.4 is 20.7 Å². The zero-order valence-corrected chi connectivity index (χ0v) is 29.7. The number of Topliss-reactive ketones (excluding diaryl/α,β-unsaturated/α-hetero) is 1. The summed E-state index contributed by atoms with van der Waals surface area (Å²) in [6.07, 6.45) is 0.238. The maximum atomic E-state index is 14.4. The minimum atomic E-state index is -1.11. The third kappa shape index (κ3) is 8.94. The number of oxime groups is 1. The zero-order valence-electron chi connectivity index (χ0n) is 29.0. The SMILES string of the molecule is CCC[C@H](NC(=O)[C@@H]1C[C@]2(CC(c3cc(Cl)c(OC)cc3C)=NO2)CN1C(=O)[C@@H](NC(=O)OC(C)(C)C)C(C)(C)C)C(=O)C(=O)NC. The molecule has 2 aliphatic rings. The number of nitrogens with zero attached hydrogens (tertiary/aromatic N) is 2. The van der Waals surface area contributed by atoms with Crippen molar-refractivity contribution in [3.05, 3.63) is 28.3 Å². The molecule has 0 aromatic heterocycles. The fraction of sp³-hybridized carbons (Fsp3) is 0.636. The van der Waals surface area contributed by atoms with Crippen LogP contribution in [0.4, 0.5) is 4.79 Å². The largest absolute Gasteiger partial charge is 0.495 e. The monoisotopic (exact) mass is 677 g/mol. The van der Waals surface area contributed by atoms with E-state index in [1.807, 2.05) is 13.8 Å². The van der Waals surface area contributed by atoms with Crippen molar-refractivity contribution >= 4 is 46.9 Å². The van der Waals surface area contributed by atoms with E-state index in [-0.39, 0.29) is 25.8 Å². The number of amides is 4. The zero-order chi connectivity index (χ0) is 35.5. The van der Waals surface area contributed by atoms with Crippen molar-refractivity contribution in [2.45, 2.75) is 110 Å². The van der Waals surface area contributed by atoms with E-state index < -0.39 is 64.3 Å². The number of hydrogen-bond donors (Lipinski definition) is 3. The fourth-order valence-corrected chi connectivity index (χ4v) is 5.98. The highest BCUT2D eigenvalue weighted by molar-refractivity contribution is 6.38. The van der Waals surface area contributed by atoms with Crippen molar-refractivity contribution in [3.63, 3.8) is 0 Å². The van der Waals surface area contributed by atoms with Crippen LogP contribution in [0.2, 0.25) is 5.02 Å². The average molecular weight is 678 g/mol. The number of ether oxygens (including phenoxy) is 2. The molecule has 0 radical (unpaired) electrons. The Morgan fingerprint density at radius 1 is 1.13 bits per heavy atom. The highest BCUT2D eigenvalue weighted by Crippen LogP contribution is 2.41. The van der Waals surface area contributed by atoms with Gasteiger partial charge in [-0.1, -0.05) is 50.9 Å². The van der Waals surface area contributed by atoms with Crippen molar-refractivity contribution in [2.24, 2.45) is 10.6 Å². The van der Waals surface area contributed by atoms with Crippen LogP contribution in [-0.4, -0.2) is 90.2 Å². The number of benzene rings is 1. The molecular weight excluding hydrogens is 630 g/mol. The minimum absolute atomic E-state index is 0.0374. The van der Waals surface area contributed by atoms with Gasteiger partial charge in [-0.25, -0.2) is 4.79 Å². The predicted molar refractivity (Wildman–Crippen MR) is 176 cm³/mol. The summed E-state index contributed by atoms with van der Waals surface area (Å²) in [6.45, 7) is 14.2. The second-order valence-corrected chi connectivity index (χ2v) is 14.6. The molecule has 3 N–H and O–H groups in total. The lowest BCUT2D eigenvalue weighted by atomic mass is 9.85. The van der Waals surface area contributed by atoms with Crippen molar-refractivity contribution < 1.29 is 38.3 Å². The van der Waals surface area contributed by atoms with E-state index in [2.05, 4.69) is 21.1 Å². The number of hydrogen-bond acceptors (Lipinski definition) is 9. The molecule has 0 saturated carbocycles. The molecular formula is C33H48ClN5O8. The number of aryl methyl sites for hydroxylation is 1. The minimum Gasteiger partial charge on any atom is -0.495 e. The molecule has 260 valence electrons. The molecule has 0 unspecified atom stereocenters. The third-order valence-corrected chi connectivity index (χ3v) is 8.37. The van der Waals surface area contributed by atoms with Gasteiger partial charge in [0.25, 0.3) is 5.91 Å². The molecule has 2 heterocycles.